The van der Waals surface area contributed by atoms with Crippen LogP contribution in [0.4, 0.5) is 0 Å². The van der Waals surface area contributed by atoms with E-state index in [2.05, 4.69) is 11.9 Å². The van der Waals surface area contributed by atoms with Gasteiger partial charge in [0.25, 0.3) is 0 Å². The predicted octanol–water partition coefficient (Wildman–Crippen LogP) is 1.04. The van der Waals surface area contributed by atoms with E-state index in [4.69, 9.17) is 5.11 Å². The Labute approximate surface area is 73.4 Å². The van der Waals surface area contributed by atoms with Crippen molar-refractivity contribution in [2.45, 2.75) is 19.8 Å². The highest BCUT2D eigenvalue weighted by molar-refractivity contribution is 4.88. The van der Waals surface area contributed by atoms with E-state index in [1.165, 1.54) is 0 Å². The minimum atomic E-state index is 0. The molecule has 0 amide bonds. The molecule has 3 nitrogen and oxygen atoms in total. The number of aliphatic hydroxyl groups is 1. The molecule has 0 bridgehead atoms. The fourth-order valence-corrected chi connectivity index (χ4v) is 0.471. The summed E-state index contributed by atoms with van der Waals surface area (Å²) in [6, 6.07) is 5.72. The summed E-state index contributed by atoms with van der Waals surface area (Å²) in [6.07, 6.45) is 5.54. The summed E-state index contributed by atoms with van der Waals surface area (Å²) in [7, 11) is 0. The molecular weight excluding hydrogens is 154 g/mol. The van der Waals surface area contributed by atoms with Crippen LogP contribution in [0.3, 0.4) is 0 Å². The van der Waals surface area contributed by atoms with E-state index in [1.807, 2.05) is 18.2 Å². The van der Waals surface area contributed by atoms with E-state index in [9.17, 15) is 0 Å². The molecule has 0 fully saturated rings. The Hall–Kier alpha value is -0.930. The van der Waals surface area contributed by atoms with Gasteiger partial charge in [-0.15, -0.1) is 0 Å². The van der Waals surface area contributed by atoms with Crippen molar-refractivity contribution in [3.63, 3.8) is 0 Å². The van der Waals surface area contributed by atoms with Crippen molar-refractivity contribution in [1.29, 1.82) is 0 Å². The van der Waals surface area contributed by atoms with E-state index in [1.54, 1.807) is 12.4 Å². The fourth-order valence-electron chi connectivity index (χ4n) is 0.471. The Balaban J connectivity index is 0. The van der Waals surface area contributed by atoms with E-state index in [-0.39, 0.29) is 5.48 Å². The molecule has 12 heavy (non-hydrogen) atoms. The second kappa shape index (κ2) is 12.7. The van der Waals surface area contributed by atoms with Gasteiger partial charge in [0.05, 0.1) is 0 Å². The second-order valence-electron chi connectivity index (χ2n) is 2.10. The van der Waals surface area contributed by atoms with Crippen molar-refractivity contribution in [3.05, 3.63) is 30.6 Å². The topological polar surface area (TPSA) is 64.6 Å². The minimum Gasteiger partial charge on any atom is -0.412 e. The van der Waals surface area contributed by atoms with Gasteiger partial charge in [0, 0.05) is 19.0 Å². The first-order chi connectivity index (χ1) is 5.41. The van der Waals surface area contributed by atoms with E-state index < -0.39 is 0 Å². The average Bonchev–Trinajstić information content (AvgIpc) is 2.10. The molecule has 0 aliphatic rings. The number of aliphatic hydroxyl groups excluding tert-OH is 1. The summed E-state index contributed by atoms with van der Waals surface area (Å²) < 4.78 is 0. The lowest BCUT2D eigenvalue weighted by Gasteiger charge is -1.79. The van der Waals surface area contributed by atoms with Crippen LogP contribution in [-0.4, -0.2) is 22.2 Å². The van der Waals surface area contributed by atoms with Crippen LogP contribution in [0.1, 0.15) is 19.8 Å². The van der Waals surface area contributed by atoms with Crippen molar-refractivity contribution in [1.82, 2.24) is 4.98 Å². The standard InChI is InChI=1S/C5H5N.C4H10O.H2O/c1-2-4-6-5-3-1;1-2-3-4-5;/h1-5H;5H,2-4H2,1H3;1H2. The van der Waals surface area contributed by atoms with Gasteiger partial charge in [-0.3, -0.25) is 4.98 Å². The van der Waals surface area contributed by atoms with Crippen LogP contribution in [0, 0.1) is 0 Å². The summed E-state index contributed by atoms with van der Waals surface area (Å²) in [6.45, 7) is 2.40. The summed E-state index contributed by atoms with van der Waals surface area (Å²) in [5.41, 5.74) is 0. The number of hydrogen-bond donors (Lipinski definition) is 1. The number of unbranched alkanes of at least 4 members (excludes halogenated alkanes) is 1. The Bertz CT molecular complexity index is 116. The van der Waals surface area contributed by atoms with Gasteiger partial charge in [0.2, 0.25) is 0 Å². The molecule has 0 spiro atoms. The first-order valence-electron chi connectivity index (χ1n) is 3.87. The Kier molecular flexibility index (Phi) is 14.5. The van der Waals surface area contributed by atoms with Gasteiger partial charge < -0.3 is 10.6 Å². The number of nitrogens with zero attached hydrogens (tertiary/aromatic N) is 1. The van der Waals surface area contributed by atoms with E-state index in [0.29, 0.717) is 6.61 Å². The molecule has 1 aromatic rings. The van der Waals surface area contributed by atoms with Gasteiger partial charge in [0.15, 0.2) is 0 Å². The fraction of sp³-hybridized carbons (Fsp3) is 0.444. The smallest absolute Gasteiger partial charge is 0.0430 e. The third-order valence-corrected chi connectivity index (χ3v) is 1.08. The van der Waals surface area contributed by atoms with Crippen LogP contribution >= 0.6 is 0 Å². The number of rotatable bonds is 2. The lowest BCUT2D eigenvalue weighted by atomic mass is 10.4. The van der Waals surface area contributed by atoms with Crippen LogP contribution in [0.15, 0.2) is 30.6 Å². The first kappa shape index (κ1) is 13.6. The molecule has 0 aromatic carbocycles. The zero-order valence-electron chi connectivity index (χ0n) is 7.40. The van der Waals surface area contributed by atoms with E-state index in [0.717, 1.165) is 12.8 Å². The lowest BCUT2D eigenvalue weighted by Crippen LogP contribution is -1.75. The van der Waals surface area contributed by atoms with Crippen molar-refractivity contribution in [2.24, 2.45) is 0 Å². The van der Waals surface area contributed by atoms with Gasteiger partial charge in [-0.2, -0.15) is 0 Å². The summed E-state index contributed by atoms with van der Waals surface area (Å²) in [5, 5.41) is 8.07. The molecule has 0 saturated carbocycles. The maximum Gasteiger partial charge on any atom is 0.0430 e. The molecule has 0 aliphatic carbocycles. The summed E-state index contributed by atoms with van der Waals surface area (Å²) in [4.78, 5) is 3.78. The third kappa shape index (κ3) is 11.8. The normalized spacial score (nSPS) is 7.50. The van der Waals surface area contributed by atoms with Crippen LogP contribution in [0.5, 0.6) is 0 Å². The molecule has 1 heterocycles. The molecule has 3 heteroatoms. The van der Waals surface area contributed by atoms with Crippen molar-refractivity contribution >= 4 is 0 Å². The molecule has 0 unspecified atom stereocenters. The van der Waals surface area contributed by atoms with Gasteiger partial charge >= 0.3 is 0 Å². The van der Waals surface area contributed by atoms with Crippen LogP contribution in [0.25, 0.3) is 0 Å². The summed E-state index contributed by atoms with van der Waals surface area (Å²) in [5.74, 6) is 0. The molecule has 0 aliphatic heterocycles. The Morgan fingerprint density at radius 3 is 1.83 bits per heavy atom. The molecule has 1 rings (SSSR count). The molecule has 0 radical (unpaired) electrons. The van der Waals surface area contributed by atoms with Gasteiger partial charge in [-0.25, -0.2) is 0 Å². The quantitative estimate of drug-likeness (QED) is 0.722. The molecule has 1 aromatic heterocycles. The van der Waals surface area contributed by atoms with Crippen molar-refractivity contribution in [2.75, 3.05) is 6.61 Å². The van der Waals surface area contributed by atoms with Crippen LogP contribution in [0.2, 0.25) is 0 Å². The minimum absolute atomic E-state index is 0. The summed E-state index contributed by atoms with van der Waals surface area (Å²) >= 11 is 0. The monoisotopic (exact) mass is 171 g/mol. The molecule has 3 N–H and O–H groups in total. The van der Waals surface area contributed by atoms with Gasteiger partial charge in [-0.1, -0.05) is 19.4 Å². The van der Waals surface area contributed by atoms with Gasteiger partial charge in [-0.05, 0) is 18.6 Å². The maximum absolute atomic E-state index is 8.07. The van der Waals surface area contributed by atoms with Crippen molar-refractivity contribution < 1.29 is 10.6 Å². The number of pyridine rings is 1. The van der Waals surface area contributed by atoms with Crippen molar-refractivity contribution in [3.8, 4) is 0 Å². The molecule has 0 atom stereocenters. The third-order valence-electron chi connectivity index (χ3n) is 1.08. The highest BCUT2D eigenvalue weighted by atomic mass is 16.2. The molecular formula is C9H17NO2. The number of hydrogen-bond acceptors (Lipinski definition) is 2. The van der Waals surface area contributed by atoms with Crippen LogP contribution < -0.4 is 0 Å². The zero-order valence-corrected chi connectivity index (χ0v) is 7.40. The highest BCUT2D eigenvalue weighted by Gasteiger charge is 1.69. The van der Waals surface area contributed by atoms with Crippen LogP contribution in [-0.2, 0) is 0 Å². The lowest BCUT2D eigenvalue weighted by molar-refractivity contribution is 0.287. The zero-order chi connectivity index (χ0) is 8.36. The predicted molar refractivity (Wildman–Crippen MR) is 49.8 cm³/mol. The first-order valence-corrected chi connectivity index (χ1v) is 3.87. The van der Waals surface area contributed by atoms with Gasteiger partial charge in [0.1, 0.15) is 0 Å². The largest absolute Gasteiger partial charge is 0.412 e. The Morgan fingerprint density at radius 1 is 1.17 bits per heavy atom. The molecule has 0 saturated heterocycles. The molecule has 70 valence electrons. The van der Waals surface area contributed by atoms with E-state index >= 15 is 0 Å². The second-order valence-corrected chi connectivity index (χ2v) is 2.10. The highest BCUT2D eigenvalue weighted by Crippen LogP contribution is 1.78. The average molecular weight is 171 g/mol. The maximum atomic E-state index is 8.07. The number of aromatic nitrogens is 1. The Morgan fingerprint density at radius 2 is 1.75 bits per heavy atom. The SMILES string of the molecule is CCCCO.O.c1ccncc1.